The topological polar surface area (TPSA) is 60.3 Å². The van der Waals surface area contributed by atoms with Crippen LogP contribution in [0.1, 0.15) is 5.56 Å². The summed E-state index contributed by atoms with van der Waals surface area (Å²) in [5.74, 6) is 1.08. The molecule has 0 spiro atoms. The van der Waals surface area contributed by atoms with Gasteiger partial charge < -0.3 is 14.4 Å². The van der Waals surface area contributed by atoms with Crippen LogP contribution in [0.4, 0.5) is 4.39 Å². The van der Waals surface area contributed by atoms with E-state index in [2.05, 4.69) is 0 Å². The number of ether oxygens (including phenoxy) is 2. The molecule has 0 aliphatic carbocycles. The minimum Gasteiger partial charge on any atom is -0.454 e. The number of fused-ring (bicyclic) bond motifs is 1. The van der Waals surface area contributed by atoms with Crippen molar-refractivity contribution in [3.63, 3.8) is 0 Å². The molecule has 26 heavy (non-hydrogen) atoms. The van der Waals surface area contributed by atoms with Crippen molar-refractivity contribution in [2.24, 2.45) is 0 Å². The van der Waals surface area contributed by atoms with Crippen LogP contribution in [0.25, 0.3) is 0 Å². The summed E-state index contributed by atoms with van der Waals surface area (Å²) in [4.78, 5) is 1.45. The molecule has 2 aliphatic rings. The molecule has 2 aromatic rings. The first-order chi connectivity index (χ1) is 12.5. The summed E-state index contributed by atoms with van der Waals surface area (Å²) in [6, 6.07) is 10.9. The third kappa shape index (κ3) is 3.40. The molecule has 0 radical (unpaired) electrons. The zero-order valence-corrected chi connectivity index (χ0v) is 15.0. The van der Waals surface area contributed by atoms with Crippen LogP contribution in [-0.2, 0) is 16.6 Å². The smallest absolute Gasteiger partial charge is 0.243 e. The van der Waals surface area contributed by atoms with E-state index in [4.69, 9.17) is 9.47 Å². The predicted molar refractivity (Wildman–Crippen MR) is 92.1 cm³/mol. The summed E-state index contributed by atoms with van der Waals surface area (Å²) in [7, 11) is -3.57. The van der Waals surface area contributed by atoms with Gasteiger partial charge in [0.25, 0.3) is 0 Å². The van der Waals surface area contributed by atoms with E-state index in [1.807, 2.05) is 18.2 Å². The molecule has 0 unspecified atom stereocenters. The molecule has 1 fully saturated rings. The number of hydrogen-bond acceptors (Lipinski definition) is 4. The molecule has 0 bridgehead atoms. The Morgan fingerprint density at radius 1 is 1.00 bits per heavy atom. The van der Waals surface area contributed by atoms with Gasteiger partial charge in [0.2, 0.25) is 16.8 Å². The molecule has 0 saturated carbocycles. The van der Waals surface area contributed by atoms with Crippen LogP contribution in [0, 0.1) is 5.82 Å². The maximum Gasteiger partial charge on any atom is 0.243 e. The summed E-state index contributed by atoms with van der Waals surface area (Å²) in [6.07, 6.45) is 0. The number of sulfonamides is 1. The van der Waals surface area contributed by atoms with Gasteiger partial charge in [0.1, 0.15) is 12.4 Å². The van der Waals surface area contributed by atoms with Crippen molar-refractivity contribution in [2.75, 3.05) is 33.0 Å². The van der Waals surface area contributed by atoms with Crippen molar-refractivity contribution in [1.82, 2.24) is 4.31 Å². The monoisotopic (exact) mass is 379 g/mol. The summed E-state index contributed by atoms with van der Waals surface area (Å²) in [6.45, 7) is 3.38. The van der Waals surface area contributed by atoms with Gasteiger partial charge in [-0.05, 0) is 42.5 Å². The predicted octanol–water partition coefficient (Wildman–Crippen LogP) is 0.644. The maximum atomic E-state index is 13.0. The first-order valence-electron chi connectivity index (χ1n) is 8.50. The van der Waals surface area contributed by atoms with Gasteiger partial charge in [-0.2, -0.15) is 4.31 Å². The second kappa shape index (κ2) is 6.86. The average Bonchev–Trinajstić information content (AvgIpc) is 3.10. The van der Waals surface area contributed by atoms with Gasteiger partial charge in [-0.1, -0.05) is 0 Å². The third-order valence-corrected chi connectivity index (χ3v) is 6.68. The molecule has 8 heteroatoms. The Kier molecular flexibility index (Phi) is 4.56. The van der Waals surface area contributed by atoms with Gasteiger partial charge in [0.05, 0.1) is 31.1 Å². The van der Waals surface area contributed by atoms with Crippen molar-refractivity contribution in [2.45, 2.75) is 11.4 Å². The lowest BCUT2D eigenvalue weighted by molar-refractivity contribution is -0.917. The standard InChI is InChI=1S/C18H19FN2O4S/c19-15-2-4-16(5-3-15)26(22,23)21-9-7-20(8-10-21)12-14-1-6-17-18(11-14)25-13-24-17/h1-6,11H,7-10,12-13H2/p+1. The first kappa shape index (κ1) is 17.3. The molecule has 4 rings (SSSR count). The summed E-state index contributed by atoms with van der Waals surface area (Å²) in [5, 5.41) is 0. The zero-order valence-electron chi connectivity index (χ0n) is 14.2. The van der Waals surface area contributed by atoms with E-state index in [0.717, 1.165) is 36.7 Å². The van der Waals surface area contributed by atoms with Gasteiger partial charge in [-0.3, -0.25) is 0 Å². The second-order valence-corrected chi connectivity index (χ2v) is 8.41. The number of hydrogen-bond donors (Lipinski definition) is 1. The van der Waals surface area contributed by atoms with Crippen molar-refractivity contribution >= 4 is 10.0 Å². The number of nitrogens with zero attached hydrogens (tertiary/aromatic N) is 1. The third-order valence-electron chi connectivity index (χ3n) is 4.77. The molecule has 2 aromatic carbocycles. The second-order valence-electron chi connectivity index (χ2n) is 6.47. The highest BCUT2D eigenvalue weighted by Gasteiger charge is 2.30. The molecule has 0 amide bonds. The fourth-order valence-corrected chi connectivity index (χ4v) is 4.76. The highest BCUT2D eigenvalue weighted by atomic mass is 32.2. The van der Waals surface area contributed by atoms with E-state index >= 15 is 0 Å². The van der Waals surface area contributed by atoms with E-state index in [-0.39, 0.29) is 11.7 Å². The quantitative estimate of drug-likeness (QED) is 0.847. The van der Waals surface area contributed by atoms with Crippen LogP contribution in [-0.4, -0.2) is 45.7 Å². The molecule has 138 valence electrons. The Morgan fingerprint density at radius 2 is 1.69 bits per heavy atom. The van der Waals surface area contributed by atoms with E-state index in [9.17, 15) is 12.8 Å². The SMILES string of the molecule is O=S(=O)(c1ccc(F)cc1)N1CC[NH+](Cc2ccc3c(c2)OCO3)CC1. The van der Waals surface area contributed by atoms with Crippen molar-refractivity contribution < 1.29 is 27.2 Å². The fourth-order valence-electron chi connectivity index (χ4n) is 3.31. The molecular weight excluding hydrogens is 359 g/mol. The van der Waals surface area contributed by atoms with Gasteiger partial charge in [0.15, 0.2) is 11.5 Å². The summed E-state index contributed by atoms with van der Waals surface area (Å²) >= 11 is 0. The average molecular weight is 379 g/mol. The number of quaternary nitrogens is 1. The van der Waals surface area contributed by atoms with Crippen molar-refractivity contribution in [1.29, 1.82) is 0 Å². The lowest BCUT2D eigenvalue weighted by Crippen LogP contribution is -3.13. The molecule has 2 aliphatic heterocycles. The van der Waals surface area contributed by atoms with Gasteiger partial charge in [0, 0.05) is 5.56 Å². The Morgan fingerprint density at radius 3 is 2.42 bits per heavy atom. The van der Waals surface area contributed by atoms with E-state index in [1.54, 1.807) is 0 Å². The normalized spacial score (nSPS) is 18.2. The lowest BCUT2D eigenvalue weighted by atomic mass is 10.2. The number of rotatable bonds is 4. The number of halogens is 1. The van der Waals surface area contributed by atoms with E-state index < -0.39 is 15.8 Å². The lowest BCUT2D eigenvalue weighted by Gasteiger charge is -2.31. The summed E-state index contributed by atoms with van der Waals surface area (Å²) < 4.78 is 50.5. The molecule has 0 aromatic heterocycles. The fraction of sp³-hybridized carbons (Fsp3) is 0.333. The van der Waals surface area contributed by atoms with Crippen molar-refractivity contribution in [3.05, 3.63) is 53.8 Å². The molecule has 2 heterocycles. The zero-order chi connectivity index (χ0) is 18.1. The molecule has 6 nitrogen and oxygen atoms in total. The minimum absolute atomic E-state index is 0.137. The van der Waals surface area contributed by atoms with Crippen LogP contribution in [0.5, 0.6) is 11.5 Å². The minimum atomic E-state index is -3.57. The molecule has 1 saturated heterocycles. The highest BCUT2D eigenvalue weighted by Crippen LogP contribution is 2.32. The maximum absolute atomic E-state index is 13.0. The first-order valence-corrected chi connectivity index (χ1v) is 9.94. The van der Waals surface area contributed by atoms with E-state index in [0.29, 0.717) is 13.1 Å². The number of nitrogens with one attached hydrogen (secondary N) is 1. The number of benzene rings is 2. The van der Waals surface area contributed by atoms with Crippen LogP contribution in [0.2, 0.25) is 0 Å². The van der Waals surface area contributed by atoms with Crippen LogP contribution in [0.15, 0.2) is 47.4 Å². The summed E-state index contributed by atoms with van der Waals surface area (Å²) in [5.41, 5.74) is 1.14. The Bertz CT molecular complexity index is 894. The van der Waals surface area contributed by atoms with Gasteiger partial charge in [-0.15, -0.1) is 0 Å². The molecular formula is C18H20FN2O4S+. The van der Waals surface area contributed by atoms with Crippen LogP contribution in [0.3, 0.4) is 0 Å². The Balaban J connectivity index is 1.38. The number of piperazine rings is 1. The highest BCUT2D eigenvalue weighted by molar-refractivity contribution is 7.89. The van der Waals surface area contributed by atoms with E-state index in [1.165, 1.54) is 33.5 Å². The van der Waals surface area contributed by atoms with Crippen LogP contribution >= 0.6 is 0 Å². The largest absolute Gasteiger partial charge is 0.454 e. The Labute approximate surface area is 151 Å². The van der Waals surface area contributed by atoms with Gasteiger partial charge in [-0.25, -0.2) is 12.8 Å². The van der Waals surface area contributed by atoms with Gasteiger partial charge >= 0.3 is 0 Å². The molecule has 0 atom stereocenters. The molecule has 1 N–H and O–H groups in total. The van der Waals surface area contributed by atoms with Crippen LogP contribution < -0.4 is 14.4 Å². The Hall–Kier alpha value is -2.16. The van der Waals surface area contributed by atoms with Crippen molar-refractivity contribution in [3.8, 4) is 11.5 Å².